The summed E-state index contributed by atoms with van der Waals surface area (Å²) in [6, 6.07) is 2.39. The van der Waals surface area contributed by atoms with Crippen molar-refractivity contribution in [1.29, 1.82) is 5.26 Å². The Balaban J connectivity index is 3.40. The highest BCUT2D eigenvalue weighted by Crippen LogP contribution is 2.32. The van der Waals surface area contributed by atoms with Gasteiger partial charge in [-0.05, 0) is 25.8 Å². The van der Waals surface area contributed by atoms with E-state index in [1.165, 1.54) is 0 Å². The molecule has 1 rings (SSSR count). The van der Waals surface area contributed by atoms with Crippen LogP contribution in [0.2, 0.25) is 0 Å². The molecule has 0 spiro atoms. The molecule has 0 saturated heterocycles. The lowest BCUT2D eigenvalue weighted by atomic mass is 10.2. The maximum atomic E-state index is 12.5. The van der Waals surface area contributed by atoms with E-state index in [4.69, 9.17) is 5.26 Å². The molecule has 0 radical (unpaired) electrons. The van der Waals surface area contributed by atoms with E-state index in [1.54, 1.807) is 6.07 Å². The summed E-state index contributed by atoms with van der Waals surface area (Å²) in [5.74, 6) is -0.691. The number of aromatic nitrogens is 1. The summed E-state index contributed by atoms with van der Waals surface area (Å²) in [7, 11) is 0. The lowest BCUT2D eigenvalue weighted by molar-refractivity contribution is -0.389. The zero-order chi connectivity index (χ0) is 12.3. The van der Waals surface area contributed by atoms with Crippen LogP contribution >= 0.6 is 15.9 Å². The first kappa shape index (κ1) is 12.4. The lowest BCUT2D eigenvalue weighted by Crippen LogP contribution is -2.01. The molecule has 0 saturated carbocycles. The van der Waals surface area contributed by atoms with Gasteiger partial charge >= 0.3 is 5.82 Å². The molecule has 1 heterocycles. The van der Waals surface area contributed by atoms with Gasteiger partial charge in [0.2, 0.25) is 0 Å². The number of halogens is 3. The number of pyridine rings is 1. The zero-order valence-electron chi connectivity index (χ0n) is 7.65. The molecule has 0 aromatic carbocycles. The first-order valence-electron chi connectivity index (χ1n) is 3.96. The molecule has 0 amide bonds. The minimum Gasteiger partial charge on any atom is -0.358 e. The van der Waals surface area contributed by atoms with Crippen molar-refractivity contribution in [1.82, 2.24) is 4.98 Å². The summed E-state index contributed by atoms with van der Waals surface area (Å²) >= 11 is 2.85. The minimum absolute atomic E-state index is 0.0605. The van der Waals surface area contributed by atoms with Gasteiger partial charge in [0, 0.05) is 11.6 Å². The quantitative estimate of drug-likeness (QED) is 0.633. The molecule has 0 aliphatic heterocycles. The molecule has 0 bridgehead atoms. The Morgan fingerprint density at radius 3 is 2.75 bits per heavy atom. The Kier molecular flexibility index (Phi) is 3.84. The molecule has 0 aliphatic carbocycles. The third kappa shape index (κ3) is 2.49. The van der Waals surface area contributed by atoms with E-state index in [0.29, 0.717) is 6.07 Å². The fourth-order valence-electron chi connectivity index (χ4n) is 1.03. The summed E-state index contributed by atoms with van der Waals surface area (Å²) in [5.41, 5.74) is -0.598. The molecule has 0 N–H and O–H groups in total. The van der Waals surface area contributed by atoms with Gasteiger partial charge in [0.1, 0.15) is 6.42 Å². The zero-order valence-corrected chi connectivity index (χ0v) is 9.24. The fourth-order valence-corrected chi connectivity index (χ4v) is 1.55. The van der Waals surface area contributed by atoms with Crippen molar-refractivity contribution in [3.05, 3.63) is 31.9 Å². The van der Waals surface area contributed by atoms with Crippen LogP contribution in [0.1, 0.15) is 17.7 Å². The van der Waals surface area contributed by atoms with Crippen molar-refractivity contribution in [3.63, 3.8) is 0 Å². The van der Waals surface area contributed by atoms with Gasteiger partial charge in [0.15, 0.2) is 5.69 Å². The van der Waals surface area contributed by atoms with Gasteiger partial charge in [-0.1, -0.05) is 0 Å². The Hall–Kier alpha value is -1.62. The van der Waals surface area contributed by atoms with Gasteiger partial charge in [-0.15, -0.1) is 0 Å². The van der Waals surface area contributed by atoms with Crippen LogP contribution in [0.3, 0.4) is 0 Å². The summed E-state index contributed by atoms with van der Waals surface area (Å²) in [4.78, 5) is 13.1. The van der Waals surface area contributed by atoms with Gasteiger partial charge in [-0.2, -0.15) is 5.26 Å². The predicted octanol–water partition coefficient (Wildman–Crippen LogP) is 2.76. The molecular formula is C8H4BrF2N3O2. The average molecular weight is 292 g/mol. The smallest absolute Gasteiger partial charge is 0.358 e. The number of nitrogens with zero attached hydrogens (tertiary/aromatic N) is 3. The van der Waals surface area contributed by atoms with E-state index in [9.17, 15) is 18.9 Å². The Labute approximate surface area is 97.0 Å². The van der Waals surface area contributed by atoms with E-state index in [2.05, 4.69) is 20.9 Å². The summed E-state index contributed by atoms with van der Waals surface area (Å²) in [5, 5.41) is 18.9. The first-order chi connectivity index (χ1) is 7.47. The number of nitro groups is 1. The van der Waals surface area contributed by atoms with Crippen molar-refractivity contribution in [2.24, 2.45) is 0 Å². The fraction of sp³-hybridized carbons (Fsp3) is 0.250. The predicted molar refractivity (Wildman–Crippen MR) is 52.9 cm³/mol. The topological polar surface area (TPSA) is 79.8 Å². The molecule has 8 heteroatoms. The van der Waals surface area contributed by atoms with Crippen LogP contribution in [-0.4, -0.2) is 9.91 Å². The van der Waals surface area contributed by atoms with Crippen LogP contribution < -0.4 is 0 Å². The standard InChI is InChI=1S/C8H4BrF2N3O2/c9-7-4(8(10)11)3-6(14(15)16)13-5(7)1-2-12/h3,8H,1H2. The highest BCUT2D eigenvalue weighted by atomic mass is 79.9. The van der Waals surface area contributed by atoms with Crippen LogP contribution in [0, 0.1) is 21.4 Å². The van der Waals surface area contributed by atoms with Crippen LogP contribution in [0.4, 0.5) is 14.6 Å². The molecule has 0 unspecified atom stereocenters. The summed E-state index contributed by atoms with van der Waals surface area (Å²) in [6.45, 7) is 0. The lowest BCUT2D eigenvalue weighted by Gasteiger charge is -2.04. The average Bonchev–Trinajstić information content (AvgIpc) is 2.20. The third-order valence-corrected chi connectivity index (χ3v) is 2.63. The third-order valence-electron chi connectivity index (χ3n) is 1.71. The van der Waals surface area contributed by atoms with E-state index < -0.39 is 22.7 Å². The van der Waals surface area contributed by atoms with E-state index >= 15 is 0 Å². The second-order valence-electron chi connectivity index (χ2n) is 2.72. The largest absolute Gasteiger partial charge is 0.364 e. The molecule has 5 nitrogen and oxygen atoms in total. The monoisotopic (exact) mass is 291 g/mol. The molecule has 1 aromatic heterocycles. The van der Waals surface area contributed by atoms with Gasteiger partial charge < -0.3 is 10.1 Å². The molecule has 16 heavy (non-hydrogen) atoms. The van der Waals surface area contributed by atoms with Crippen LogP contribution in [0.25, 0.3) is 0 Å². The molecule has 84 valence electrons. The number of alkyl halides is 2. The van der Waals surface area contributed by atoms with Crippen LogP contribution in [0.15, 0.2) is 10.5 Å². The number of nitriles is 1. The van der Waals surface area contributed by atoms with Crippen LogP contribution in [0.5, 0.6) is 0 Å². The van der Waals surface area contributed by atoms with Crippen LogP contribution in [-0.2, 0) is 6.42 Å². The van der Waals surface area contributed by atoms with E-state index in [-0.39, 0.29) is 16.6 Å². The van der Waals surface area contributed by atoms with Gasteiger partial charge in [-0.3, -0.25) is 0 Å². The molecule has 0 fully saturated rings. The molecular weight excluding hydrogens is 288 g/mol. The molecule has 1 aromatic rings. The SMILES string of the molecule is N#CCc1nc([N+](=O)[O-])cc(C(F)F)c1Br. The van der Waals surface area contributed by atoms with E-state index in [1.807, 2.05) is 0 Å². The maximum absolute atomic E-state index is 12.5. The van der Waals surface area contributed by atoms with Crippen molar-refractivity contribution >= 4 is 21.7 Å². The normalized spacial score (nSPS) is 10.2. The summed E-state index contributed by atoms with van der Waals surface area (Å²) in [6.07, 6.45) is -3.14. The number of rotatable bonds is 3. The summed E-state index contributed by atoms with van der Waals surface area (Å²) < 4.78 is 25.0. The second-order valence-corrected chi connectivity index (χ2v) is 3.52. The highest BCUT2D eigenvalue weighted by molar-refractivity contribution is 9.10. The Morgan fingerprint density at radius 2 is 2.31 bits per heavy atom. The van der Waals surface area contributed by atoms with Gasteiger partial charge in [0.05, 0.1) is 10.5 Å². The minimum atomic E-state index is -2.87. The number of hydrogen-bond donors (Lipinski definition) is 0. The van der Waals surface area contributed by atoms with Crippen molar-refractivity contribution < 1.29 is 13.7 Å². The first-order valence-corrected chi connectivity index (χ1v) is 4.75. The molecule has 0 aliphatic rings. The van der Waals surface area contributed by atoms with Crippen molar-refractivity contribution in [3.8, 4) is 6.07 Å². The van der Waals surface area contributed by atoms with Crippen molar-refractivity contribution in [2.75, 3.05) is 0 Å². The Morgan fingerprint density at radius 1 is 1.69 bits per heavy atom. The van der Waals surface area contributed by atoms with Gasteiger partial charge in [0.25, 0.3) is 6.43 Å². The highest BCUT2D eigenvalue weighted by Gasteiger charge is 2.23. The maximum Gasteiger partial charge on any atom is 0.364 e. The van der Waals surface area contributed by atoms with E-state index in [0.717, 1.165) is 0 Å². The van der Waals surface area contributed by atoms with Crippen molar-refractivity contribution in [2.45, 2.75) is 12.8 Å². The molecule has 0 atom stereocenters. The second kappa shape index (κ2) is 4.94. The van der Waals surface area contributed by atoms with Gasteiger partial charge in [-0.25, -0.2) is 8.78 Å². The number of hydrogen-bond acceptors (Lipinski definition) is 4. The Bertz CT molecular complexity index is 473.